The number of alkyl halides is 3. The predicted octanol–water partition coefficient (Wildman–Crippen LogP) is 1.99. The van der Waals surface area contributed by atoms with Crippen LogP contribution >= 0.6 is 11.6 Å². The maximum absolute atomic E-state index is 12.9. The van der Waals surface area contributed by atoms with E-state index in [0.717, 1.165) is 22.6 Å². The number of halogens is 4. The van der Waals surface area contributed by atoms with Crippen molar-refractivity contribution < 1.29 is 27.7 Å². The van der Waals surface area contributed by atoms with E-state index in [4.69, 9.17) is 11.6 Å². The molecule has 2 rings (SSSR count). The van der Waals surface area contributed by atoms with Gasteiger partial charge in [0.15, 0.2) is 6.54 Å². The highest BCUT2D eigenvalue weighted by atomic mass is 35.5. The van der Waals surface area contributed by atoms with Crippen LogP contribution in [0.4, 0.5) is 18.9 Å². The number of nitrogens with one attached hydrogen (secondary N) is 2. The number of carbonyl (C=O) groups is 2. The number of hydrogen-bond donors (Lipinski definition) is 2. The van der Waals surface area contributed by atoms with Gasteiger partial charge < -0.3 is 15.1 Å². The summed E-state index contributed by atoms with van der Waals surface area (Å²) in [5.74, 6) is -0.427. The number of carbonyl (C=O) groups excluding carboxylic acids is 2. The molecule has 27 heavy (non-hydrogen) atoms. The third-order valence-corrected chi connectivity index (χ3v) is 4.49. The summed E-state index contributed by atoms with van der Waals surface area (Å²) in [6.45, 7) is 6.09. The van der Waals surface area contributed by atoms with Crippen molar-refractivity contribution in [1.82, 2.24) is 4.90 Å². The van der Waals surface area contributed by atoms with Crippen LogP contribution in [0, 0.1) is 0 Å². The minimum Gasteiger partial charge on any atom is -0.328 e. The van der Waals surface area contributed by atoms with E-state index in [-0.39, 0.29) is 24.0 Å². The van der Waals surface area contributed by atoms with Crippen LogP contribution in [0.15, 0.2) is 29.8 Å². The zero-order valence-corrected chi connectivity index (χ0v) is 15.9. The molecular formula is C18H22ClF3N3O2+. The fourth-order valence-electron chi connectivity index (χ4n) is 2.81. The molecule has 2 N–H and O–H groups in total. The lowest BCUT2D eigenvalue weighted by molar-refractivity contribution is -0.895. The zero-order chi connectivity index (χ0) is 20.2. The van der Waals surface area contributed by atoms with Crippen LogP contribution in [0.1, 0.15) is 19.4 Å². The molecule has 5 nitrogen and oxygen atoms in total. The lowest BCUT2D eigenvalue weighted by Gasteiger charge is -2.31. The Morgan fingerprint density at radius 2 is 1.89 bits per heavy atom. The number of rotatable bonds is 4. The van der Waals surface area contributed by atoms with Gasteiger partial charge in [0.25, 0.3) is 5.91 Å². The summed E-state index contributed by atoms with van der Waals surface area (Å²) in [4.78, 5) is 26.8. The highest BCUT2D eigenvalue weighted by Gasteiger charge is 2.33. The first-order chi connectivity index (χ1) is 12.6. The van der Waals surface area contributed by atoms with Crippen molar-refractivity contribution in [3.63, 3.8) is 0 Å². The van der Waals surface area contributed by atoms with Crippen LogP contribution in [0.25, 0.3) is 0 Å². The van der Waals surface area contributed by atoms with Crippen molar-refractivity contribution in [3.05, 3.63) is 40.4 Å². The summed E-state index contributed by atoms with van der Waals surface area (Å²) in [6.07, 6.45) is -3.01. The number of quaternary nitrogens is 1. The molecule has 0 bridgehead atoms. The molecule has 0 aliphatic carbocycles. The lowest BCUT2D eigenvalue weighted by atomic mass is 10.2. The Kier molecular flexibility index (Phi) is 6.89. The first-order valence-corrected chi connectivity index (χ1v) is 8.88. The Labute approximate surface area is 160 Å². The number of hydrogen-bond acceptors (Lipinski definition) is 2. The maximum Gasteiger partial charge on any atom is 0.417 e. The van der Waals surface area contributed by atoms with E-state index >= 15 is 0 Å². The van der Waals surface area contributed by atoms with Gasteiger partial charge in [0.2, 0.25) is 5.91 Å². The third kappa shape index (κ3) is 6.25. The molecule has 0 atom stereocenters. The zero-order valence-electron chi connectivity index (χ0n) is 15.1. The van der Waals surface area contributed by atoms with Crippen LogP contribution in [0.2, 0.25) is 5.02 Å². The van der Waals surface area contributed by atoms with Gasteiger partial charge >= 0.3 is 6.18 Å². The molecule has 1 fully saturated rings. The molecular weight excluding hydrogens is 383 g/mol. The van der Waals surface area contributed by atoms with Gasteiger partial charge in [-0.15, -0.1) is 0 Å². The van der Waals surface area contributed by atoms with E-state index < -0.39 is 16.8 Å². The average Bonchev–Trinajstić information content (AvgIpc) is 2.55. The van der Waals surface area contributed by atoms with Crippen molar-refractivity contribution in [2.24, 2.45) is 0 Å². The normalized spacial score (nSPS) is 15.4. The second-order valence-electron chi connectivity index (χ2n) is 6.71. The van der Waals surface area contributed by atoms with Crippen LogP contribution in [0.5, 0.6) is 0 Å². The Hall–Kier alpha value is -2.06. The second-order valence-corrected chi connectivity index (χ2v) is 7.12. The van der Waals surface area contributed by atoms with Gasteiger partial charge in [-0.05, 0) is 32.0 Å². The molecule has 0 saturated carbocycles. The Bertz CT molecular complexity index is 738. The van der Waals surface area contributed by atoms with Crippen molar-refractivity contribution in [3.8, 4) is 0 Å². The van der Waals surface area contributed by atoms with Gasteiger partial charge in [0.1, 0.15) is 0 Å². The minimum absolute atomic E-state index is 0.0423. The van der Waals surface area contributed by atoms with Gasteiger partial charge in [0.05, 0.1) is 36.8 Å². The molecule has 1 saturated heterocycles. The number of anilines is 1. The molecule has 1 aromatic rings. The third-order valence-electron chi connectivity index (χ3n) is 4.16. The summed E-state index contributed by atoms with van der Waals surface area (Å²) >= 11 is 5.57. The number of benzene rings is 1. The van der Waals surface area contributed by atoms with Crippen molar-refractivity contribution in [2.45, 2.75) is 20.0 Å². The molecule has 0 aromatic heterocycles. The first kappa shape index (κ1) is 21.2. The summed E-state index contributed by atoms with van der Waals surface area (Å²) in [5.41, 5.74) is -0.00967. The van der Waals surface area contributed by atoms with Crippen LogP contribution in [0.3, 0.4) is 0 Å². The molecule has 0 unspecified atom stereocenters. The first-order valence-electron chi connectivity index (χ1n) is 8.50. The molecule has 2 amide bonds. The molecule has 148 valence electrons. The highest BCUT2D eigenvalue weighted by molar-refractivity contribution is 6.31. The SMILES string of the molecule is CC(C)=CC(=O)N1CC[NH+](CC(=O)Nc2ccc(Cl)c(C(F)(F)F)c2)CC1. The van der Waals surface area contributed by atoms with E-state index in [9.17, 15) is 22.8 Å². The fourth-order valence-corrected chi connectivity index (χ4v) is 3.04. The van der Waals surface area contributed by atoms with Gasteiger partial charge in [0, 0.05) is 11.8 Å². The van der Waals surface area contributed by atoms with E-state index in [0.29, 0.717) is 26.2 Å². The maximum atomic E-state index is 12.9. The van der Waals surface area contributed by atoms with E-state index in [2.05, 4.69) is 5.32 Å². The Morgan fingerprint density at radius 1 is 1.26 bits per heavy atom. The molecule has 0 radical (unpaired) electrons. The van der Waals surface area contributed by atoms with Gasteiger partial charge in [-0.2, -0.15) is 13.2 Å². The average molecular weight is 405 g/mol. The lowest BCUT2D eigenvalue weighted by Crippen LogP contribution is -3.15. The number of allylic oxidation sites excluding steroid dienone is 1. The molecule has 1 aromatic carbocycles. The van der Waals surface area contributed by atoms with Gasteiger partial charge in [-0.25, -0.2) is 0 Å². The quantitative estimate of drug-likeness (QED) is 0.754. The van der Waals surface area contributed by atoms with Crippen molar-refractivity contribution >= 4 is 29.1 Å². The molecule has 9 heteroatoms. The molecule has 0 spiro atoms. The van der Waals surface area contributed by atoms with E-state index in [1.54, 1.807) is 11.0 Å². The van der Waals surface area contributed by atoms with Gasteiger partial charge in [-0.3, -0.25) is 9.59 Å². The van der Waals surface area contributed by atoms with Crippen LogP contribution < -0.4 is 10.2 Å². The van der Waals surface area contributed by atoms with Crippen molar-refractivity contribution in [1.29, 1.82) is 0 Å². The monoisotopic (exact) mass is 404 g/mol. The number of amides is 2. The van der Waals surface area contributed by atoms with Crippen molar-refractivity contribution in [2.75, 3.05) is 38.0 Å². The Morgan fingerprint density at radius 3 is 2.44 bits per heavy atom. The molecule has 1 aliphatic rings. The fraction of sp³-hybridized carbons (Fsp3) is 0.444. The second kappa shape index (κ2) is 8.75. The summed E-state index contributed by atoms with van der Waals surface area (Å²) < 4.78 is 38.6. The number of piperazine rings is 1. The highest BCUT2D eigenvalue weighted by Crippen LogP contribution is 2.36. The smallest absolute Gasteiger partial charge is 0.328 e. The minimum atomic E-state index is -4.59. The molecule has 1 aliphatic heterocycles. The predicted molar refractivity (Wildman–Crippen MR) is 96.7 cm³/mol. The number of nitrogens with zero attached hydrogens (tertiary/aromatic N) is 1. The summed E-state index contributed by atoms with van der Waals surface area (Å²) in [5, 5.41) is 2.07. The van der Waals surface area contributed by atoms with E-state index in [1.165, 1.54) is 6.07 Å². The topological polar surface area (TPSA) is 53.9 Å². The molecule has 1 heterocycles. The summed E-state index contributed by atoms with van der Waals surface area (Å²) in [7, 11) is 0. The largest absolute Gasteiger partial charge is 0.417 e. The van der Waals surface area contributed by atoms with Crippen LogP contribution in [-0.4, -0.2) is 49.4 Å². The van der Waals surface area contributed by atoms with Gasteiger partial charge in [-0.1, -0.05) is 17.2 Å². The Balaban J connectivity index is 1.89. The summed E-state index contributed by atoms with van der Waals surface area (Å²) in [6, 6.07) is 3.27. The van der Waals surface area contributed by atoms with E-state index in [1.807, 2.05) is 13.8 Å². The van der Waals surface area contributed by atoms with Crippen LogP contribution in [-0.2, 0) is 15.8 Å². The standard InChI is InChI=1S/C18H21ClF3N3O2/c1-12(2)9-17(27)25-7-5-24(6-8-25)11-16(26)23-13-3-4-15(19)14(10-13)18(20,21)22/h3-4,9-10H,5-8,11H2,1-2H3,(H,23,26)/p+1.